The molecule has 0 saturated carbocycles. The van der Waals surface area contributed by atoms with Crippen molar-refractivity contribution in [2.75, 3.05) is 13.2 Å². The van der Waals surface area contributed by atoms with Crippen LogP contribution in [0.25, 0.3) is 10.1 Å². The number of ketones is 1. The van der Waals surface area contributed by atoms with Crippen LogP contribution >= 0.6 is 11.3 Å². The molecule has 0 aliphatic rings. The monoisotopic (exact) mass is 418 g/mol. The third-order valence-corrected chi connectivity index (χ3v) is 5.64. The molecule has 0 atom stereocenters. The number of benzene rings is 3. The highest BCUT2D eigenvalue weighted by atomic mass is 32.1. The molecule has 0 bridgehead atoms. The van der Waals surface area contributed by atoms with Crippen LogP contribution in [-0.4, -0.2) is 30.1 Å². The van der Waals surface area contributed by atoms with Gasteiger partial charge in [0.2, 0.25) is 5.78 Å². The lowest BCUT2D eigenvalue weighted by molar-refractivity contribution is 0.0696. The highest BCUT2D eigenvalue weighted by Gasteiger charge is 2.21. The molecule has 1 aromatic heterocycles. The molecule has 4 rings (SSSR count). The van der Waals surface area contributed by atoms with E-state index in [0.717, 1.165) is 10.1 Å². The van der Waals surface area contributed by atoms with E-state index in [9.17, 15) is 9.59 Å². The number of thiophene rings is 1. The second-order valence-electron chi connectivity index (χ2n) is 6.48. The molecule has 30 heavy (non-hydrogen) atoms. The Hall–Kier alpha value is -3.64. The van der Waals surface area contributed by atoms with Crippen molar-refractivity contribution in [3.63, 3.8) is 0 Å². The Labute approximate surface area is 177 Å². The molecule has 4 aromatic rings. The number of carboxylic acids is 1. The van der Waals surface area contributed by atoms with Crippen LogP contribution in [0.1, 0.15) is 25.6 Å². The fourth-order valence-electron chi connectivity index (χ4n) is 3.03. The average molecular weight is 418 g/mol. The van der Waals surface area contributed by atoms with Gasteiger partial charge in [0.25, 0.3) is 0 Å². The SMILES string of the molecule is O=C(O)c1ccc(OCCOc2c(C(=O)c3ccccc3)sc3ccccc23)cc1. The Bertz CT molecular complexity index is 1180. The van der Waals surface area contributed by atoms with Gasteiger partial charge in [-0.3, -0.25) is 4.79 Å². The summed E-state index contributed by atoms with van der Waals surface area (Å²) < 4.78 is 12.6. The summed E-state index contributed by atoms with van der Waals surface area (Å²) in [7, 11) is 0. The maximum absolute atomic E-state index is 13.0. The predicted molar refractivity (Wildman–Crippen MR) is 116 cm³/mol. The standard InChI is InChI=1S/C24H18O5S/c25-21(16-6-2-1-3-7-16)23-22(19-8-4-5-9-20(19)30-23)29-15-14-28-18-12-10-17(11-13-18)24(26)27/h1-13H,14-15H2,(H,26,27). The van der Waals surface area contributed by atoms with Gasteiger partial charge in [-0.25, -0.2) is 4.79 Å². The molecule has 0 fully saturated rings. The number of fused-ring (bicyclic) bond motifs is 1. The van der Waals surface area contributed by atoms with Crippen molar-refractivity contribution in [3.8, 4) is 11.5 Å². The summed E-state index contributed by atoms with van der Waals surface area (Å²) >= 11 is 1.41. The highest BCUT2D eigenvalue weighted by molar-refractivity contribution is 7.21. The van der Waals surface area contributed by atoms with E-state index in [1.54, 1.807) is 24.3 Å². The number of rotatable bonds is 8. The smallest absolute Gasteiger partial charge is 0.335 e. The van der Waals surface area contributed by atoms with Gasteiger partial charge in [-0.05, 0) is 36.4 Å². The summed E-state index contributed by atoms with van der Waals surface area (Å²) in [5, 5.41) is 9.84. The molecular formula is C24H18O5S. The Morgan fingerprint density at radius 3 is 2.17 bits per heavy atom. The molecule has 150 valence electrons. The van der Waals surface area contributed by atoms with Gasteiger partial charge in [-0.2, -0.15) is 0 Å². The van der Waals surface area contributed by atoms with Gasteiger partial charge in [0, 0.05) is 15.6 Å². The third-order valence-electron chi connectivity index (χ3n) is 4.49. The Kier molecular flexibility index (Phi) is 5.77. The van der Waals surface area contributed by atoms with Crippen LogP contribution in [0, 0.1) is 0 Å². The van der Waals surface area contributed by atoms with Gasteiger partial charge in [-0.1, -0.05) is 42.5 Å². The quantitative estimate of drug-likeness (QED) is 0.311. The van der Waals surface area contributed by atoms with Crippen molar-refractivity contribution in [1.29, 1.82) is 0 Å². The summed E-state index contributed by atoms with van der Waals surface area (Å²) in [5.74, 6) is 0.0652. The van der Waals surface area contributed by atoms with E-state index in [4.69, 9.17) is 14.6 Å². The molecule has 0 aliphatic heterocycles. The van der Waals surface area contributed by atoms with Crippen LogP contribution in [0.15, 0.2) is 78.9 Å². The topological polar surface area (TPSA) is 72.8 Å². The van der Waals surface area contributed by atoms with Crippen molar-refractivity contribution in [2.24, 2.45) is 0 Å². The molecule has 5 nitrogen and oxygen atoms in total. The molecule has 0 amide bonds. The van der Waals surface area contributed by atoms with Crippen LogP contribution in [0.5, 0.6) is 11.5 Å². The number of carbonyl (C=O) groups excluding carboxylic acids is 1. The summed E-state index contributed by atoms with van der Waals surface area (Å²) in [6.45, 7) is 0.506. The largest absolute Gasteiger partial charge is 0.490 e. The van der Waals surface area contributed by atoms with E-state index >= 15 is 0 Å². The first kappa shape index (κ1) is 19.7. The minimum atomic E-state index is -0.982. The molecule has 0 aliphatic carbocycles. The summed E-state index contributed by atoms with van der Waals surface area (Å²) in [4.78, 5) is 24.5. The van der Waals surface area contributed by atoms with Crippen molar-refractivity contribution in [2.45, 2.75) is 0 Å². The molecule has 0 saturated heterocycles. The second kappa shape index (κ2) is 8.80. The maximum Gasteiger partial charge on any atom is 0.335 e. The van der Waals surface area contributed by atoms with Gasteiger partial charge >= 0.3 is 5.97 Å². The van der Waals surface area contributed by atoms with Crippen molar-refractivity contribution < 1.29 is 24.2 Å². The van der Waals surface area contributed by atoms with Gasteiger partial charge in [0.15, 0.2) is 0 Å². The van der Waals surface area contributed by atoms with E-state index in [1.165, 1.54) is 23.5 Å². The lowest BCUT2D eigenvalue weighted by Crippen LogP contribution is -2.11. The summed E-state index contributed by atoms with van der Waals surface area (Å²) in [6, 6.07) is 23.1. The second-order valence-corrected chi connectivity index (χ2v) is 7.53. The lowest BCUT2D eigenvalue weighted by Gasteiger charge is -2.10. The van der Waals surface area contributed by atoms with Gasteiger partial charge in [0.1, 0.15) is 29.6 Å². The number of ether oxygens (including phenoxy) is 2. The van der Waals surface area contributed by atoms with E-state index in [-0.39, 0.29) is 24.6 Å². The molecule has 1 N–H and O–H groups in total. The molecule has 0 unspecified atom stereocenters. The van der Waals surface area contributed by atoms with Crippen LogP contribution in [0.4, 0.5) is 0 Å². The van der Waals surface area contributed by atoms with E-state index in [1.807, 2.05) is 42.5 Å². The fraction of sp³-hybridized carbons (Fsp3) is 0.0833. The Balaban J connectivity index is 1.49. The zero-order valence-electron chi connectivity index (χ0n) is 15.9. The maximum atomic E-state index is 13.0. The van der Waals surface area contributed by atoms with Crippen molar-refractivity contribution in [3.05, 3.63) is 94.9 Å². The number of hydrogen-bond acceptors (Lipinski definition) is 5. The minimum Gasteiger partial charge on any atom is -0.490 e. The third kappa shape index (κ3) is 4.18. The number of carbonyl (C=O) groups is 2. The van der Waals surface area contributed by atoms with E-state index in [2.05, 4.69) is 0 Å². The predicted octanol–water partition coefficient (Wildman–Crippen LogP) is 5.29. The minimum absolute atomic E-state index is 0.0722. The first-order valence-electron chi connectivity index (χ1n) is 9.34. The number of carboxylic acid groups (broad SMARTS) is 1. The van der Waals surface area contributed by atoms with Crippen LogP contribution in [0.3, 0.4) is 0 Å². The summed E-state index contributed by atoms with van der Waals surface area (Å²) in [5.41, 5.74) is 0.816. The van der Waals surface area contributed by atoms with Crippen LogP contribution < -0.4 is 9.47 Å². The average Bonchev–Trinajstić information content (AvgIpc) is 3.15. The van der Waals surface area contributed by atoms with Crippen molar-refractivity contribution in [1.82, 2.24) is 0 Å². The zero-order chi connectivity index (χ0) is 20.9. The Morgan fingerprint density at radius 1 is 0.767 bits per heavy atom. The normalized spacial score (nSPS) is 10.7. The van der Waals surface area contributed by atoms with Gasteiger partial charge in [-0.15, -0.1) is 11.3 Å². The number of hydrogen-bond donors (Lipinski definition) is 1. The molecule has 6 heteroatoms. The molecule has 1 heterocycles. The molecule has 0 spiro atoms. The van der Waals surface area contributed by atoms with E-state index < -0.39 is 5.97 Å². The van der Waals surface area contributed by atoms with Crippen molar-refractivity contribution >= 4 is 33.2 Å². The summed E-state index contributed by atoms with van der Waals surface area (Å²) in [6.07, 6.45) is 0. The zero-order valence-corrected chi connectivity index (χ0v) is 16.7. The fourth-order valence-corrected chi connectivity index (χ4v) is 4.14. The number of aromatic carboxylic acids is 1. The lowest BCUT2D eigenvalue weighted by atomic mass is 10.1. The van der Waals surface area contributed by atoms with E-state index in [0.29, 0.717) is 21.9 Å². The Morgan fingerprint density at radius 2 is 1.43 bits per heavy atom. The highest BCUT2D eigenvalue weighted by Crippen LogP contribution is 2.39. The van der Waals surface area contributed by atoms with Crippen LogP contribution in [-0.2, 0) is 0 Å². The van der Waals surface area contributed by atoms with Gasteiger partial charge in [0.05, 0.1) is 5.56 Å². The molecule has 0 radical (unpaired) electrons. The first-order valence-corrected chi connectivity index (χ1v) is 10.2. The van der Waals surface area contributed by atoms with Crippen LogP contribution in [0.2, 0.25) is 0 Å². The first-order chi connectivity index (χ1) is 14.6. The molecular weight excluding hydrogens is 400 g/mol. The van der Waals surface area contributed by atoms with Gasteiger partial charge < -0.3 is 14.6 Å². The molecule has 3 aromatic carbocycles.